The molecule has 0 atom stereocenters. The zero-order valence-electron chi connectivity index (χ0n) is 13.7. The third-order valence-electron chi connectivity index (χ3n) is 3.86. The number of hydrogen-bond donors (Lipinski definition) is 2. The first-order valence-corrected chi connectivity index (χ1v) is 7.66. The van der Waals surface area contributed by atoms with Crippen molar-refractivity contribution in [2.45, 2.75) is 13.8 Å². The van der Waals surface area contributed by atoms with Gasteiger partial charge in [-0.3, -0.25) is 10.5 Å². The van der Waals surface area contributed by atoms with E-state index in [1.54, 1.807) is 13.8 Å². The number of carbonyl (C=O) groups is 1. The molecule has 0 heterocycles. The molecule has 0 aliphatic carbocycles. The second-order valence-corrected chi connectivity index (χ2v) is 5.60. The number of carbonyl (C=O) groups excluding carboxylic acids is 1. The Morgan fingerprint density at radius 2 is 1.71 bits per heavy atom. The summed E-state index contributed by atoms with van der Waals surface area (Å²) >= 11 is 0. The van der Waals surface area contributed by atoms with Crippen LogP contribution in [-0.4, -0.2) is 18.3 Å². The minimum absolute atomic E-state index is 0.0129. The maximum Gasteiger partial charge on any atom is 0.161 e. The van der Waals surface area contributed by atoms with Crippen molar-refractivity contribution in [1.29, 1.82) is 0 Å². The van der Waals surface area contributed by atoms with Crippen LogP contribution < -0.4 is 16.2 Å². The molecule has 0 aromatic heterocycles. The Morgan fingerprint density at radius 3 is 2.33 bits per heavy atom. The summed E-state index contributed by atoms with van der Waals surface area (Å²) < 4.78 is 5.53. The third-order valence-corrected chi connectivity index (χ3v) is 3.86. The molecular weight excluding hydrogens is 302 g/mol. The molecule has 0 aliphatic rings. The Kier molecular flexibility index (Phi) is 4.18. The minimum atomic E-state index is -0.0129. The van der Waals surface area contributed by atoms with Gasteiger partial charge in [0.05, 0.1) is 11.5 Å². The van der Waals surface area contributed by atoms with Gasteiger partial charge in [0.15, 0.2) is 5.78 Å². The second kappa shape index (κ2) is 6.29. The molecule has 3 rings (SSSR count). The summed E-state index contributed by atoms with van der Waals surface area (Å²) in [5, 5.41) is 3.37. The molecule has 4 N–H and O–H groups in total. The normalized spacial score (nSPS) is 11.9. The molecule has 0 radical (unpaired) electrons. The summed E-state index contributed by atoms with van der Waals surface area (Å²) in [6.45, 7) is 3.36. The van der Waals surface area contributed by atoms with Gasteiger partial charge in [-0.25, -0.2) is 4.99 Å². The number of Topliss-reactive ketones (excluding diaryl/α,β-unsaturated/α-hetero) is 1. The predicted molar refractivity (Wildman–Crippen MR) is 98.1 cm³/mol. The number of benzene rings is 3. The van der Waals surface area contributed by atoms with E-state index < -0.39 is 0 Å². The van der Waals surface area contributed by atoms with Crippen LogP contribution in [0.5, 0.6) is 5.75 Å². The first kappa shape index (κ1) is 16.0. The van der Waals surface area contributed by atoms with Gasteiger partial charge in [-0.2, -0.15) is 0 Å². The molecular formula is C19H19N3O2. The van der Waals surface area contributed by atoms with Crippen LogP contribution in [-0.2, 0) is 0 Å². The number of nitrogens with zero attached hydrogens (tertiary/aromatic N) is 1. The van der Waals surface area contributed by atoms with Crippen LogP contribution in [0.3, 0.4) is 0 Å². The first-order chi connectivity index (χ1) is 11.5. The van der Waals surface area contributed by atoms with E-state index in [1.807, 2.05) is 42.5 Å². The van der Waals surface area contributed by atoms with Gasteiger partial charge >= 0.3 is 0 Å². The van der Waals surface area contributed by atoms with Crippen molar-refractivity contribution < 1.29 is 9.53 Å². The van der Waals surface area contributed by atoms with Crippen molar-refractivity contribution >= 4 is 38.9 Å². The molecule has 0 fully saturated rings. The van der Waals surface area contributed by atoms with E-state index in [1.165, 1.54) is 0 Å². The highest BCUT2D eigenvalue weighted by molar-refractivity contribution is 6.21. The van der Waals surface area contributed by atoms with E-state index in [9.17, 15) is 4.79 Å². The maximum atomic E-state index is 12.3. The van der Waals surface area contributed by atoms with Gasteiger partial charge in [0, 0.05) is 16.3 Å². The van der Waals surface area contributed by atoms with Gasteiger partial charge in [-0.1, -0.05) is 24.3 Å². The first-order valence-electron chi connectivity index (χ1n) is 7.66. The molecule has 5 nitrogen and oxygen atoms in total. The van der Waals surface area contributed by atoms with Crippen molar-refractivity contribution in [3.05, 3.63) is 48.0 Å². The van der Waals surface area contributed by atoms with E-state index in [2.05, 4.69) is 4.99 Å². The lowest BCUT2D eigenvalue weighted by Crippen LogP contribution is -2.08. The Morgan fingerprint density at radius 1 is 1.04 bits per heavy atom. The van der Waals surface area contributed by atoms with Crippen molar-refractivity contribution in [2.24, 2.45) is 16.5 Å². The van der Waals surface area contributed by atoms with Gasteiger partial charge in [-0.15, -0.1) is 0 Å². The van der Waals surface area contributed by atoms with Crippen molar-refractivity contribution in [3.8, 4) is 5.75 Å². The fraction of sp³-hybridized carbons (Fsp3) is 0.158. The predicted octanol–water partition coefficient (Wildman–Crippen LogP) is 3.50. The fourth-order valence-electron chi connectivity index (χ4n) is 3.01. The molecule has 3 aromatic carbocycles. The quantitative estimate of drug-likeness (QED) is 0.253. The number of aliphatic imine (C=N–C) groups is 1. The Balaban J connectivity index is 2.51. The molecule has 0 saturated heterocycles. The fourth-order valence-corrected chi connectivity index (χ4v) is 3.01. The Labute approximate surface area is 139 Å². The lowest BCUT2D eigenvalue weighted by Gasteiger charge is -2.14. The van der Waals surface area contributed by atoms with E-state index in [0.717, 1.165) is 27.2 Å². The van der Waals surface area contributed by atoms with E-state index in [-0.39, 0.29) is 12.5 Å². The zero-order chi connectivity index (χ0) is 17.3. The molecule has 0 aliphatic heterocycles. The summed E-state index contributed by atoms with van der Waals surface area (Å²) in [4.78, 5) is 16.7. The third kappa shape index (κ3) is 2.70. The largest absolute Gasteiger partial charge is 0.478 e. The number of ketones is 1. The molecule has 122 valence electrons. The van der Waals surface area contributed by atoms with Crippen LogP contribution in [0, 0.1) is 0 Å². The number of amidine groups is 1. The van der Waals surface area contributed by atoms with Crippen LogP contribution in [0.2, 0.25) is 0 Å². The Hall–Kier alpha value is -2.92. The average Bonchev–Trinajstić information content (AvgIpc) is 2.53. The molecule has 0 unspecified atom stereocenters. The van der Waals surface area contributed by atoms with Crippen LogP contribution in [0.4, 0.5) is 5.69 Å². The summed E-state index contributed by atoms with van der Waals surface area (Å²) in [5.41, 5.74) is 12.6. The van der Waals surface area contributed by atoms with Gasteiger partial charge in [0.2, 0.25) is 0 Å². The summed E-state index contributed by atoms with van der Waals surface area (Å²) in [7, 11) is 0. The van der Waals surface area contributed by atoms with Gasteiger partial charge in [0.25, 0.3) is 0 Å². The topological polar surface area (TPSA) is 90.7 Å². The van der Waals surface area contributed by atoms with Crippen LogP contribution >= 0.6 is 0 Å². The van der Waals surface area contributed by atoms with E-state index in [0.29, 0.717) is 17.1 Å². The van der Waals surface area contributed by atoms with Crippen LogP contribution in [0.15, 0.2) is 47.5 Å². The Bertz CT molecular complexity index is 973. The van der Waals surface area contributed by atoms with Gasteiger partial charge in [0.1, 0.15) is 12.5 Å². The summed E-state index contributed by atoms with van der Waals surface area (Å²) in [5.74, 6) is 1.09. The van der Waals surface area contributed by atoms with Crippen molar-refractivity contribution in [1.82, 2.24) is 0 Å². The highest BCUT2D eigenvalue weighted by Gasteiger charge is 2.15. The number of ether oxygens (including phenoxy) is 1. The number of nitrogens with two attached hydrogens (primary N) is 2. The number of fused-ring (bicyclic) bond motifs is 2. The van der Waals surface area contributed by atoms with Gasteiger partial charge < -0.3 is 10.5 Å². The molecule has 0 spiro atoms. The van der Waals surface area contributed by atoms with Crippen molar-refractivity contribution in [3.63, 3.8) is 0 Å². The number of hydrogen-bond acceptors (Lipinski definition) is 4. The summed E-state index contributed by atoms with van der Waals surface area (Å²) in [6.07, 6.45) is 0. The van der Waals surface area contributed by atoms with Crippen LogP contribution in [0.25, 0.3) is 21.5 Å². The molecule has 0 bridgehead atoms. The highest BCUT2D eigenvalue weighted by atomic mass is 16.5. The van der Waals surface area contributed by atoms with Gasteiger partial charge in [-0.05, 0) is 42.8 Å². The molecule has 3 aromatic rings. The highest BCUT2D eigenvalue weighted by Crippen LogP contribution is 2.37. The molecule has 5 heteroatoms. The van der Waals surface area contributed by atoms with E-state index >= 15 is 0 Å². The lowest BCUT2D eigenvalue weighted by atomic mass is 9.93. The monoisotopic (exact) mass is 321 g/mol. The summed E-state index contributed by atoms with van der Waals surface area (Å²) in [6, 6.07) is 13.3. The SMILES string of the molecule is CC(=O)c1c2cccc(N=C(C)N)c2cc2c(OCN)cccc12. The number of rotatable bonds is 4. The van der Waals surface area contributed by atoms with Crippen LogP contribution in [0.1, 0.15) is 24.2 Å². The van der Waals surface area contributed by atoms with Crippen molar-refractivity contribution in [2.75, 3.05) is 6.73 Å². The second-order valence-electron chi connectivity index (χ2n) is 5.60. The minimum Gasteiger partial charge on any atom is -0.478 e. The van der Waals surface area contributed by atoms with E-state index in [4.69, 9.17) is 16.2 Å². The maximum absolute atomic E-state index is 12.3. The standard InChI is InChI=1S/C19H19N3O2/c1-11(23)19-13-5-3-7-17(22-12(2)21)15(13)9-16-14(19)6-4-8-18(16)24-10-20/h3-9H,10,20H2,1-2H3,(H2,21,22). The molecule has 0 amide bonds. The molecule has 24 heavy (non-hydrogen) atoms. The lowest BCUT2D eigenvalue weighted by molar-refractivity contribution is 0.102. The molecule has 0 saturated carbocycles. The zero-order valence-corrected chi connectivity index (χ0v) is 13.7. The average molecular weight is 321 g/mol. The smallest absolute Gasteiger partial charge is 0.161 e.